The summed E-state index contributed by atoms with van der Waals surface area (Å²) in [6.45, 7) is 5.93. The Labute approximate surface area is 130 Å². The molecule has 0 amide bonds. The number of rotatable bonds is 2. The summed E-state index contributed by atoms with van der Waals surface area (Å²) < 4.78 is 0. The Balaban J connectivity index is 1.73. The lowest BCUT2D eigenvalue weighted by Gasteiger charge is -2.38. The van der Waals surface area contributed by atoms with E-state index in [0.717, 1.165) is 48.3 Å². The molecule has 21 heavy (non-hydrogen) atoms. The summed E-state index contributed by atoms with van der Waals surface area (Å²) in [6.07, 6.45) is 0. The zero-order valence-corrected chi connectivity index (χ0v) is 13.0. The van der Waals surface area contributed by atoms with Gasteiger partial charge in [0.05, 0.1) is 22.1 Å². The highest BCUT2D eigenvalue weighted by atomic mass is 35.5. The zero-order valence-electron chi connectivity index (χ0n) is 12.2. The van der Waals surface area contributed by atoms with Crippen LogP contribution in [0, 0.1) is 6.92 Å². The van der Waals surface area contributed by atoms with Crippen molar-refractivity contribution in [1.82, 2.24) is 0 Å². The number of anilines is 3. The van der Waals surface area contributed by atoms with Crippen molar-refractivity contribution in [2.24, 2.45) is 0 Å². The van der Waals surface area contributed by atoms with E-state index < -0.39 is 0 Å². The van der Waals surface area contributed by atoms with Gasteiger partial charge in [-0.3, -0.25) is 0 Å². The summed E-state index contributed by atoms with van der Waals surface area (Å²) in [7, 11) is 0. The predicted octanol–water partition coefficient (Wildman–Crippen LogP) is 3.56. The quantitative estimate of drug-likeness (QED) is 0.861. The maximum atomic E-state index is 6.28. The maximum Gasteiger partial charge on any atom is 0.0639 e. The van der Waals surface area contributed by atoms with Crippen LogP contribution >= 0.6 is 11.6 Å². The van der Waals surface area contributed by atoms with Crippen LogP contribution in [0.4, 0.5) is 17.1 Å². The Bertz CT molecular complexity index is 634. The number of halogens is 1. The highest BCUT2D eigenvalue weighted by Gasteiger charge is 2.20. The topological polar surface area (TPSA) is 32.5 Å². The van der Waals surface area contributed by atoms with Gasteiger partial charge in [0.15, 0.2) is 0 Å². The highest BCUT2D eigenvalue weighted by molar-refractivity contribution is 6.33. The Morgan fingerprint density at radius 2 is 1.52 bits per heavy atom. The molecule has 1 saturated heterocycles. The monoisotopic (exact) mass is 301 g/mol. The van der Waals surface area contributed by atoms with E-state index >= 15 is 0 Å². The van der Waals surface area contributed by atoms with E-state index in [4.69, 9.17) is 17.3 Å². The number of aryl methyl sites for hydroxylation is 1. The summed E-state index contributed by atoms with van der Waals surface area (Å²) in [4.78, 5) is 4.69. The number of hydrogen-bond acceptors (Lipinski definition) is 3. The van der Waals surface area contributed by atoms with Gasteiger partial charge in [-0.1, -0.05) is 29.8 Å². The van der Waals surface area contributed by atoms with Gasteiger partial charge < -0.3 is 15.5 Å². The largest absolute Gasteiger partial charge is 0.397 e. The third kappa shape index (κ3) is 2.93. The zero-order chi connectivity index (χ0) is 14.8. The fourth-order valence-corrected chi connectivity index (χ4v) is 3.08. The van der Waals surface area contributed by atoms with Crippen molar-refractivity contribution < 1.29 is 0 Å². The molecule has 1 heterocycles. The molecule has 1 aliphatic heterocycles. The molecule has 1 aliphatic rings. The van der Waals surface area contributed by atoms with Crippen molar-refractivity contribution in [3.05, 3.63) is 53.1 Å². The van der Waals surface area contributed by atoms with Crippen LogP contribution in [0.15, 0.2) is 42.5 Å². The van der Waals surface area contributed by atoms with E-state index in [0.29, 0.717) is 0 Å². The molecule has 0 bridgehead atoms. The van der Waals surface area contributed by atoms with Crippen molar-refractivity contribution in [1.29, 1.82) is 0 Å². The van der Waals surface area contributed by atoms with Gasteiger partial charge in [0.1, 0.15) is 0 Å². The van der Waals surface area contributed by atoms with Crippen LogP contribution in [-0.2, 0) is 0 Å². The molecular formula is C17H20ClN3. The molecule has 0 spiro atoms. The molecule has 0 saturated carbocycles. The van der Waals surface area contributed by atoms with Gasteiger partial charge in [-0.25, -0.2) is 0 Å². The normalized spacial score (nSPS) is 15.3. The summed E-state index contributed by atoms with van der Waals surface area (Å²) in [5.41, 5.74) is 10.5. The second-order valence-electron chi connectivity index (χ2n) is 5.49. The average molecular weight is 302 g/mol. The number of hydrogen-bond donors (Lipinski definition) is 1. The minimum absolute atomic E-state index is 0.820. The first-order valence-electron chi connectivity index (χ1n) is 7.26. The molecule has 3 nitrogen and oxygen atoms in total. The van der Waals surface area contributed by atoms with Gasteiger partial charge in [0, 0.05) is 26.2 Å². The third-order valence-electron chi connectivity index (χ3n) is 4.00. The van der Waals surface area contributed by atoms with E-state index in [9.17, 15) is 0 Å². The summed E-state index contributed by atoms with van der Waals surface area (Å²) in [5.74, 6) is 0. The van der Waals surface area contributed by atoms with Crippen molar-refractivity contribution in [2.45, 2.75) is 6.92 Å². The van der Waals surface area contributed by atoms with E-state index in [1.165, 1.54) is 5.56 Å². The highest BCUT2D eigenvalue weighted by Crippen LogP contribution is 2.29. The Kier molecular flexibility index (Phi) is 3.93. The minimum atomic E-state index is 0.820. The van der Waals surface area contributed by atoms with Crippen LogP contribution in [0.2, 0.25) is 5.02 Å². The van der Waals surface area contributed by atoms with Crippen molar-refractivity contribution >= 4 is 28.7 Å². The lowest BCUT2D eigenvalue weighted by Crippen LogP contribution is -2.46. The van der Waals surface area contributed by atoms with E-state index in [1.807, 2.05) is 24.3 Å². The molecule has 0 atom stereocenters. The second-order valence-corrected chi connectivity index (χ2v) is 5.89. The molecule has 110 valence electrons. The van der Waals surface area contributed by atoms with Gasteiger partial charge in [0.2, 0.25) is 0 Å². The maximum absolute atomic E-state index is 6.28. The van der Waals surface area contributed by atoms with Crippen molar-refractivity contribution in [2.75, 3.05) is 41.7 Å². The van der Waals surface area contributed by atoms with Crippen molar-refractivity contribution in [3.63, 3.8) is 0 Å². The Morgan fingerprint density at radius 3 is 2.19 bits per heavy atom. The number of nitrogens with zero attached hydrogens (tertiary/aromatic N) is 2. The number of benzene rings is 2. The summed E-state index contributed by atoms with van der Waals surface area (Å²) in [5, 5.41) is 0.820. The number of piperazine rings is 1. The second kappa shape index (κ2) is 5.86. The van der Waals surface area contributed by atoms with Gasteiger partial charge in [-0.05, 0) is 36.8 Å². The van der Waals surface area contributed by atoms with E-state index in [-0.39, 0.29) is 0 Å². The van der Waals surface area contributed by atoms with Crippen LogP contribution in [0.3, 0.4) is 0 Å². The molecular weight excluding hydrogens is 282 g/mol. The molecule has 0 aromatic heterocycles. The minimum Gasteiger partial charge on any atom is -0.397 e. The summed E-state index contributed by atoms with van der Waals surface area (Å²) in [6, 6.07) is 14.2. The molecule has 1 fully saturated rings. The Morgan fingerprint density at radius 1 is 0.905 bits per heavy atom. The van der Waals surface area contributed by atoms with Gasteiger partial charge in [-0.15, -0.1) is 0 Å². The standard InChI is InChI=1S/C17H20ClN3/c1-13-6-7-15(19)17(12-13)21-10-8-20(9-11-21)16-5-3-2-4-14(16)18/h2-7,12H,8-11,19H2,1H3. The molecule has 0 unspecified atom stereocenters. The third-order valence-corrected chi connectivity index (χ3v) is 4.32. The molecule has 0 aliphatic carbocycles. The number of para-hydroxylation sites is 1. The summed E-state index contributed by atoms with van der Waals surface area (Å²) >= 11 is 6.28. The first kappa shape index (κ1) is 14.1. The molecule has 2 aromatic carbocycles. The van der Waals surface area contributed by atoms with Gasteiger partial charge in [-0.2, -0.15) is 0 Å². The van der Waals surface area contributed by atoms with Crippen LogP contribution in [-0.4, -0.2) is 26.2 Å². The molecule has 2 N–H and O–H groups in total. The van der Waals surface area contributed by atoms with Crippen LogP contribution < -0.4 is 15.5 Å². The molecule has 2 aromatic rings. The van der Waals surface area contributed by atoms with Crippen LogP contribution in [0.5, 0.6) is 0 Å². The SMILES string of the molecule is Cc1ccc(N)c(N2CCN(c3ccccc3Cl)CC2)c1. The van der Waals surface area contributed by atoms with Crippen molar-refractivity contribution in [3.8, 4) is 0 Å². The lowest BCUT2D eigenvalue weighted by atomic mass is 10.1. The van der Waals surface area contributed by atoms with Gasteiger partial charge in [0.25, 0.3) is 0 Å². The van der Waals surface area contributed by atoms with E-state index in [2.05, 4.69) is 34.9 Å². The fourth-order valence-electron chi connectivity index (χ4n) is 2.82. The average Bonchev–Trinajstić information content (AvgIpc) is 2.50. The smallest absolute Gasteiger partial charge is 0.0639 e. The molecule has 4 heteroatoms. The number of nitrogen functional groups attached to an aromatic ring is 1. The first-order valence-corrected chi connectivity index (χ1v) is 7.63. The lowest BCUT2D eigenvalue weighted by molar-refractivity contribution is 0.654. The molecule has 3 rings (SSSR count). The molecule has 0 radical (unpaired) electrons. The van der Waals surface area contributed by atoms with E-state index in [1.54, 1.807) is 0 Å². The van der Waals surface area contributed by atoms with Crippen LogP contribution in [0.1, 0.15) is 5.56 Å². The fraction of sp³-hybridized carbons (Fsp3) is 0.294. The number of nitrogens with two attached hydrogens (primary N) is 1. The Hall–Kier alpha value is -1.87. The predicted molar refractivity (Wildman–Crippen MR) is 91.5 cm³/mol. The first-order chi connectivity index (χ1) is 10.1. The van der Waals surface area contributed by atoms with Gasteiger partial charge >= 0.3 is 0 Å². The van der Waals surface area contributed by atoms with Crippen LogP contribution in [0.25, 0.3) is 0 Å².